The Bertz CT molecular complexity index is 419. The molecule has 8 heteroatoms. The van der Waals surface area contributed by atoms with E-state index in [1.807, 2.05) is 0 Å². The largest absolute Gasteiger partial charge is 0.385 e. The predicted molar refractivity (Wildman–Crippen MR) is 70.8 cm³/mol. The summed E-state index contributed by atoms with van der Waals surface area (Å²) in [4.78, 5) is 0. The summed E-state index contributed by atoms with van der Waals surface area (Å²) in [6.45, 7) is -0.126. The Kier molecular flexibility index (Phi) is 5.83. The molecule has 0 aliphatic heterocycles. The van der Waals surface area contributed by atoms with Crippen molar-refractivity contribution in [2.24, 2.45) is 0 Å². The molecule has 1 aromatic rings. The van der Waals surface area contributed by atoms with Gasteiger partial charge in [-0.1, -0.05) is 11.6 Å². The third-order valence-electron chi connectivity index (χ3n) is 1.78. The molecular weight excluding hydrogens is 364 g/mol. The fourth-order valence-corrected chi connectivity index (χ4v) is 2.01. The lowest BCUT2D eigenvalue weighted by Gasteiger charge is -2.05. The summed E-state index contributed by atoms with van der Waals surface area (Å²) in [5.74, 6) is 0. The lowest BCUT2D eigenvalue weighted by atomic mass is 10.3. The molecule has 1 rings (SSSR count). The van der Waals surface area contributed by atoms with Crippen LogP contribution in [0.3, 0.4) is 0 Å². The van der Waals surface area contributed by atoms with Crippen LogP contribution in [-0.2, 0) is 6.54 Å². The Morgan fingerprint density at radius 1 is 1.71 bits per heavy atom. The Morgan fingerprint density at radius 3 is 2.88 bits per heavy atom. The van der Waals surface area contributed by atoms with Gasteiger partial charge >= 0.3 is 0 Å². The molecule has 0 spiro atoms. The third kappa shape index (κ3) is 4.99. The SMILES string of the molecule is N=C/C(=C\NCC(F)F)Cn1nc(Cl)cc1I. The van der Waals surface area contributed by atoms with Gasteiger partial charge in [0, 0.05) is 24.1 Å². The van der Waals surface area contributed by atoms with Crippen LogP contribution in [-0.4, -0.2) is 29.0 Å². The molecule has 94 valence electrons. The fourth-order valence-electron chi connectivity index (χ4n) is 1.06. The van der Waals surface area contributed by atoms with E-state index in [0.717, 1.165) is 9.92 Å². The Balaban J connectivity index is 2.63. The molecule has 4 nitrogen and oxygen atoms in total. The van der Waals surface area contributed by atoms with Crippen LogP contribution in [0.25, 0.3) is 0 Å². The molecule has 0 radical (unpaired) electrons. The molecule has 0 fully saturated rings. The summed E-state index contributed by atoms with van der Waals surface area (Å²) in [6, 6.07) is 1.68. The van der Waals surface area contributed by atoms with Crippen LogP contribution in [0.4, 0.5) is 8.78 Å². The van der Waals surface area contributed by atoms with Gasteiger partial charge in [-0.25, -0.2) is 8.78 Å². The summed E-state index contributed by atoms with van der Waals surface area (Å²) in [6.07, 6.45) is 0.0483. The topological polar surface area (TPSA) is 53.7 Å². The van der Waals surface area contributed by atoms with E-state index in [1.54, 1.807) is 10.7 Å². The molecule has 2 N–H and O–H groups in total. The fraction of sp³-hybridized carbons (Fsp3) is 0.333. The van der Waals surface area contributed by atoms with E-state index in [9.17, 15) is 8.78 Å². The lowest BCUT2D eigenvalue weighted by molar-refractivity contribution is 0.150. The van der Waals surface area contributed by atoms with Crippen molar-refractivity contribution in [2.45, 2.75) is 13.0 Å². The quantitative estimate of drug-likeness (QED) is 0.594. The maximum absolute atomic E-state index is 11.9. The van der Waals surface area contributed by atoms with Gasteiger partial charge < -0.3 is 10.7 Å². The van der Waals surface area contributed by atoms with Gasteiger partial charge in [-0.3, -0.25) is 4.68 Å². The van der Waals surface area contributed by atoms with E-state index in [1.165, 1.54) is 6.20 Å². The summed E-state index contributed by atoms with van der Waals surface area (Å²) in [5, 5.41) is 14.0. The van der Waals surface area contributed by atoms with Crippen molar-refractivity contribution < 1.29 is 8.78 Å². The third-order valence-corrected chi connectivity index (χ3v) is 2.83. The molecule has 0 bridgehead atoms. The van der Waals surface area contributed by atoms with Crippen LogP contribution >= 0.6 is 34.2 Å². The summed E-state index contributed by atoms with van der Waals surface area (Å²) < 4.78 is 26.2. The van der Waals surface area contributed by atoms with Crippen LogP contribution in [0.2, 0.25) is 5.15 Å². The molecule has 0 atom stereocenters. The smallest absolute Gasteiger partial charge is 0.255 e. The zero-order valence-corrected chi connectivity index (χ0v) is 11.5. The van der Waals surface area contributed by atoms with Crippen molar-refractivity contribution in [2.75, 3.05) is 6.54 Å². The Hall–Kier alpha value is -0.700. The molecule has 0 amide bonds. The number of alkyl halides is 2. The molecule has 0 aliphatic carbocycles. The molecule has 1 aromatic heterocycles. The standard InChI is InChI=1S/C9H10ClF2IN4/c10-7-1-9(13)17(16-7)5-6(2-14)3-15-4-8(11)12/h1-3,8,14-15H,4-5H2/b6-3+,14-2?. The number of allylic oxidation sites excluding steroid dienone is 1. The van der Waals surface area contributed by atoms with Crippen LogP contribution < -0.4 is 5.32 Å². The van der Waals surface area contributed by atoms with Crippen molar-refractivity contribution in [3.8, 4) is 0 Å². The number of halogens is 4. The van der Waals surface area contributed by atoms with Crippen LogP contribution in [0.5, 0.6) is 0 Å². The van der Waals surface area contributed by atoms with Gasteiger partial charge in [0.25, 0.3) is 6.43 Å². The van der Waals surface area contributed by atoms with Crippen molar-refractivity contribution in [1.29, 1.82) is 5.41 Å². The van der Waals surface area contributed by atoms with E-state index in [4.69, 9.17) is 17.0 Å². The maximum Gasteiger partial charge on any atom is 0.255 e. The second kappa shape index (κ2) is 6.90. The lowest BCUT2D eigenvalue weighted by Crippen LogP contribution is -2.17. The van der Waals surface area contributed by atoms with Crippen LogP contribution in [0.15, 0.2) is 17.8 Å². The molecule has 0 unspecified atom stereocenters. The van der Waals surface area contributed by atoms with E-state index < -0.39 is 13.0 Å². The molecule has 0 aromatic carbocycles. The summed E-state index contributed by atoms with van der Waals surface area (Å²) >= 11 is 7.76. The highest BCUT2D eigenvalue weighted by Crippen LogP contribution is 2.13. The monoisotopic (exact) mass is 374 g/mol. The number of hydrogen-bond acceptors (Lipinski definition) is 3. The van der Waals surface area contributed by atoms with Gasteiger partial charge in [-0.05, 0) is 22.6 Å². The zero-order valence-electron chi connectivity index (χ0n) is 8.63. The van der Waals surface area contributed by atoms with Crippen molar-refractivity contribution >= 4 is 40.4 Å². The minimum Gasteiger partial charge on any atom is -0.385 e. The average Bonchev–Trinajstić information content (AvgIpc) is 2.55. The predicted octanol–water partition coefficient (Wildman–Crippen LogP) is 2.53. The minimum atomic E-state index is -2.42. The Labute approximate surface area is 116 Å². The highest BCUT2D eigenvalue weighted by Gasteiger charge is 2.05. The number of aromatic nitrogens is 2. The van der Waals surface area contributed by atoms with E-state index in [2.05, 4.69) is 33.0 Å². The Morgan fingerprint density at radius 2 is 2.41 bits per heavy atom. The van der Waals surface area contributed by atoms with Gasteiger partial charge in [-0.15, -0.1) is 0 Å². The number of nitrogens with one attached hydrogen (secondary N) is 2. The van der Waals surface area contributed by atoms with Crippen molar-refractivity contribution in [3.05, 3.63) is 26.7 Å². The van der Waals surface area contributed by atoms with E-state index in [-0.39, 0.29) is 0 Å². The van der Waals surface area contributed by atoms with Crippen molar-refractivity contribution in [3.63, 3.8) is 0 Å². The second-order valence-electron chi connectivity index (χ2n) is 3.11. The molecule has 1 heterocycles. The first-order chi connectivity index (χ1) is 8.02. The zero-order chi connectivity index (χ0) is 12.8. The molecule has 0 aliphatic rings. The maximum atomic E-state index is 11.9. The first-order valence-corrected chi connectivity index (χ1v) is 6.08. The van der Waals surface area contributed by atoms with Gasteiger partial charge in [0.1, 0.15) is 3.70 Å². The summed E-state index contributed by atoms with van der Waals surface area (Å²) in [5.41, 5.74) is 0.531. The average molecular weight is 375 g/mol. The van der Waals surface area contributed by atoms with Gasteiger partial charge in [0.15, 0.2) is 5.15 Å². The molecular formula is C9H10ClF2IN4. The van der Waals surface area contributed by atoms with Gasteiger partial charge in [0.05, 0.1) is 13.1 Å². The highest BCUT2D eigenvalue weighted by molar-refractivity contribution is 14.1. The summed E-state index contributed by atoms with van der Waals surface area (Å²) in [7, 11) is 0. The molecule has 17 heavy (non-hydrogen) atoms. The van der Waals surface area contributed by atoms with Crippen LogP contribution in [0.1, 0.15) is 0 Å². The van der Waals surface area contributed by atoms with E-state index in [0.29, 0.717) is 17.3 Å². The first-order valence-electron chi connectivity index (χ1n) is 4.63. The normalized spacial score (nSPS) is 11.9. The number of nitrogens with zero attached hydrogens (tertiary/aromatic N) is 2. The number of rotatable bonds is 6. The molecule has 0 saturated heterocycles. The first kappa shape index (κ1) is 14.4. The highest BCUT2D eigenvalue weighted by atomic mass is 127. The molecule has 0 saturated carbocycles. The number of hydrogen-bond donors (Lipinski definition) is 2. The van der Waals surface area contributed by atoms with E-state index >= 15 is 0 Å². The van der Waals surface area contributed by atoms with Crippen LogP contribution in [0, 0.1) is 9.11 Å². The van der Waals surface area contributed by atoms with Crippen molar-refractivity contribution in [1.82, 2.24) is 15.1 Å². The second-order valence-corrected chi connectivity index (χ2v) is 4.60. The van der Waals surface area contributed by atoms with Gasteiger partial charge in [0.2, 0.25) is 0 Å². The van der Waals surface area contributed by atoms with Gasteiger partial charge in [-0.2, -0.15) is 5.10 Å². The minimum absolute atomic E-state index is 0.310.